The number of anilines is 2. The van der Waals surface area contributed by atoms with Gasteiger partial charge in [-0.15, -0.1) is 0 Å². The molecule has 0 saturated carbocycles. The molecule has 4 aromatic rings. The van der Waals surface area contributed by atoms with E-state index >= 15 is 4.39 Å². The zero-order chi connectivity index (χ0) is 26.4. The van der Waals surface area contributed by atoms with Gasteiger partial charge in [0.2, 0.25) is 0 Å². The van der Waals surface area contributed by atoms with E-state index in [1.807, 2.05) is 0 Å². The van der Waals surface area contributed by atoms with Crippen LogP contribution in [-0.2, 0) is 7.05 Å². The Morgan fingerprint density at radius 1 is 1.21 bits per heavy atom. The molecule has 9 nitrogen and oxygen atoms in total. The van der Waals surface area contributed by atoms with Crippen molar-refractivity contribution in [3.05, 3.63) is 72.3 Å². The van der Waals surface area contributed by atoms with Gasteiger partial charge in [0.05, 0.1) is 30.2 Å². The zero-order valence-corrected chi connectivity index (χ0v) is 20.8. The summed E-state index contributed by atoms with van der Waals surface area (Å²) < 4.78 is 36.8. The molecular formula is C27H25F2N7O2. The van der Waals surface area contributed by atoms with Gasteiger partial charge in [-0.25, -0.2) is 18.7 Å². The molecule has 4 heterocycles. The van der Waals surface area contributed by atoms with Gasteiger partial charge < -0.3 is 20.3 Å². The summed E-state index contributed by atoms with van der Waals surface area (Å²) in [6.45, 7) is 1.56. The van der Waals surface area contributed by atoms with Gasteiger partial charge >= 0.3 is 0 Å². The Kier molecular flexibility index (Phi) is 5.99. The van der Waals surface area contributed by atoms with Crippen LogP contribution in [0.1, 0.15) is 16.9 Å². The molecule has 1 amide bonds. The van der Waals surface area contributed by atoms with Crippen molar-refractivity contribution in [2.75, 3.05) is 30.4 Å². The van der Waals surface area contributed by atoms with E-state index < -0.39 is 17.5 Å². The standard InChI is InChI=1S/C27H25F2N7O2/c1-35-13-15(11-32-35)18-9-23(36-14-16-8-17(36)12-31-16)22(10-20(18)29)34-27(37)21-6-7-30-26(33-21)25-19(28)4-3-5-24(25)38-2/h3-7,9-11,13,16-17,31H,8,12,14H2,1-2H3,(H,34,37)/t16-,17-/m0/s1. The number of halogens is 2. The van der Waals surface area contributed by atoms with Crippen LogP contribution in [0.2, 0.25) is 0 Å². The summed E-state index contributed by atoms with van der Waals surface area (Å²) in [7, 11) is 3.19. The highest BCUT2D eigenvalue weighted by Crippen LogP contribution is 2.39. The molecule has 0 spiro atoms. The quantitative estimate of drug-likeness (QED) is 0.403. The number of carbonyl (C=O) groups excluding carboxylic acids is 1. The first-order chi connectivity index (χ1) is 18.4. The summed E-state index contributed by atoms with van der Waals surface area (Å²) in [6.07, 6.45) is 5.71. The number of aromatic nitrogens is 4. The van der Waals surface area contributed by atoms with E-state index in [9.17, 15) is 9.18 Å². The van der Waals surface area contributed by atoms with Gasteiger partial charge in [-0.2, -0.15) is 5.10 Å². The van der Waals surface area contributed by atoms with Gasteiger partial charge in [0.1, 0.15) is 23.1 Å². The predicted octanol–water partition coefficient (Wildman–Crippen LogP) is 3.63. The first kappa shape index (κ1) is 24.0. The Bertz CT molecular complexity index is 1540. The number of hydrogen-bond acceptors (Lipinski definition) is 7. The van der Waals surface area contributed by atoms with Crippen molar-refractivity contribution in [3.8, 4) is 28.3 Å². The van der Waals surface area contributed by atoms with Crippen LogP contribution in [0.25, 0.3) is 22.5 Å². The second-order valence-corrected chi connectivity index (χ2v) is 9.44. The van der Waals surface area contributed by atoms with E-state index in [1.165, 1.54) is 37.6 Å². The number of nitrogens with zero attached hydrogens (tertiary/aromatic N) is 5. The Hall–Kier alpha value is -4.38. The van der Waals surface area contributed by atoms with Gasteiger partial charge in [-0.1, -0.05) is 6.07 Å². The Morgan fingerprint density at radius 2 is 2.08 bits per heavy atom. The van der Waals surface area contributed by atoms with Crippen LogP contribution in [0, 0.1) is 11.6 Å². The minimum atomic E-state index is -0.574. The largest absolute Gasteiger partial charge is 0.496 e. The summed E-state index contributed by atoms with van der Waals surface area (Å²) in [4.78, 5) is 24.0. The molecule has 2 aliphatic rings. The molecule has 2 aliphatic heterocycles. The van der Waals surface area contributed by atoms with Crippen LogP contribution < -0.4 is 20.3 Å². The number of fused-ring (bicyclic) bond motifs is 2. The lowest BCUT2D eigenvalue weighted by Gasteiger charge is -2.31. The first-order valence-electron chi connectivity index (χ1n) is 12.2. The smallest absolute Gasteiger partial charge is 0.274 e. The third-order valence-electron chi connectivity index (χ3n) is 7.02. The summed E-state index contributed by atoms with van der Waals surface area (Å²) in [6, 6.07) is 9.47. The molecule has 2 fully saturated rings. The van der Waals surface area contributed by atoms with Crippen molar-refractivity contribution in [1.82, 2.24) is 25.1 Å². The third-order valence-corrected chi connectivity index (χ3v) is 7.02. The second-order valence-electron chi connectivity index (χ2n) is 9.44. The maximum absolute atomic E-state index is 15.4. The number of aryl methyl sites for hydroxylation is 1. The third kappa shape index (κ3) is 4.24. The number of ether oxygens (including phenoxy) is 1. The Balaban J connectivity index is 1.36. The van der Waals surface area contributed by atoms with Gasteiger partial charge in [-0.3, -0.25) is 9.48 Å². The second kappa shape index (κ2) is 9.49. The van der Waals surface area contributed by atoms with Crippen LogP contribution >= 0.6 is 0 Å². The highest BCUT2D eigenvalue weighted by Gasteiger charge is 2.39. The van der Waals surface area contributed by atoms with Crippen LogP contribution in [0.5, 0.6) is 5.75 Å². The van der Waals surface area contributed by atoms with Crippen molar-refractivity contribution in [1.29, 1.82) is 0 Å². The molecule has 2 saturated heterocycles. The molecule has 11 heteroatoms. The lowest BCUT2D eigenvalue weighted by atomic mass is 10.1. The fourth-order valence-electron chi connectivity index (χ4n) is 5.22. The van der Waals surface area contributed by atoms with Crippen LogP contribution in [-0.4, -0.2) is 57.9 Å². The van der Waals surface area contributed by atoms with Crippen LogP contribution in [0.4, 0.5) is 20.2 Å². The molecule has 2 bridgehead atoms. The molecule has 2 aromatic carbocycles. The fourth-order valence-corrected chi connectivity index (χ4v) is 5.22. The van der Waals surface area contributed by atoms with Crippen molar-refractivity contribution in [3.63, 3.8) is 0 Å². The highest BCUT2D eigenvalue weighted by atomic mass is 19.1. The van der Waals surface area contributed by atoms with Crippen molar-refractivity contribution >= 4 is 17.3 Å². The molecule has 2 atom stereocenters. The molecule has 0 radical (unpaired) electrons. The number of methoxy groups -OCH3 is 1. The van der Waals surface area contributed by atoms with Crippen LogP contribution in [0.3, 0.4) is 0 Å². The molecule has 38 heavy (non-hydrogen) atoms. The number of nitrogens with one attached hydrogen (secondary N) is 2. The minimum absolute atomic E-state index is 0.00705. The van der Waals surface area contributed by atoms with Gasteiger partial charge in [0.25, 0.3) is 5.91 Å². The number of rotatable bonds is 6. The molecule has 6 rings (SSSR count). The lowest BCUT2D eigenvalue weighted by Crippen LogP contribution is -2.44. The van der Waals surface area contributed by atoms with E-state index in [4.69, 9.17) is 4.74 Å². The molecule has 2 N–H and O–H groups in total. The number of carbonyl (C=O) groups is 1. The Labute approximate surface area is 217 Å². The normalized spacial score (nSPS) is 18.2. The minimum Gasteiger partial charge on any atom is -0.496 e. The van der Waals surface area contributed by atoms with E-state index in [0.29, 0.717) is 22.9 Å². The fraction of sp³-hybridized carbons (Fsp3) is 0.259. The van der Waals surface area contributed by atoms with Crippen molar-refractivity contribution in [2.45, 2.75) is 18.5 Å². The zero-order valence-electron chi connectivity index (χ0n) is 20.8. The summed E-state index contributed by atoms with van der Waals surface area (Å²) >= 11 is 0. The molecule has 2 aromatic heterocycles. The molecular weight excluding hydrogens is 492 g/mol. The average molecular weight is 518 g/mol. The Morgan fingerprint density at radius 3 is 2.79 bits per heavy atom. The monoisotopic (exact) mass is 517 g/mol. The molecule has 194 valence electrons. The van der Waals surface area contributed by atoms with E-state index in [2.05, 4.69) is 30.6 Å². The molecule has 0 aliphatic carbocycles. The van der Waals surface area contributed by atoms with E-state index in [1.54, 1.807) is 36.3 Å². The maximum atomic E-state index is 15.4. The van der Waals surface area contributed by atoms with Crippen molar-refractivity contribution in [2.24, 2.45) is 7.05 Å². The van der Waals surface area contributed by atoms with Gasteiger partial charge in [-0.05, 0) is 30.7 Å². The molecule has 0 unspecified atom stereocenters. The summed E-state index contributed by atoms with van der Waals surface area (Å²) in [5, 5.41) is 10.5. The van der Waals surface area contributed by atoms with Crippen molar-refractivity contribution < 1.29 is 18.3 Å². The summed E-state index contributed by atoms with van der Waals surface area (Å²) in [5.41, 5.74) is 2.16. The highest BCUT2D eigenvalue weighted by molar-refractivity contribution is 6.05. The van der Waals surface area contributed by atoms with Gasteiger partial charge in [0.15, 0.2) is 5.82 Å². The SMILES string of the molecule is COc1cccc(F)c1-c1nccc(C(=O)Nc2cc(F)c(-c3cnn(C)c3)cc2N2C[C@@H]3C[C@H]2CN3)n1. The first-order valence-corrected chi connectivity index (χ1v) is 12.2. The predicted molar refractivity (Wildman–Crippen MR) is 138 cm³/mol. The maximum Gasteiger partial charge on any atom is 0.274 e. The van der Waals surface area contributed by atoms with E-state index in [-0.39, 0.29) is 28.9 Å². The van der Waals surface area contributed by atoms with E-state index in [0.717, 1.165) is 25.2 Å². The number of benzene rings is 2. The number of hydrogen-bond donors (Lipinski definition) is 2. The van der Waals surface area contributed by atoms with Gasteiger partial charge in [0, 0.05) is 61.8 Å². The summed E-state index contributed by atoms with van der Waals surface area (Å²) in [5.74, 6) is -1.38. The average Bonchev–Trinajstić information content (AvgIpc) is 3.66. The lowest BCUT2D eigenvalue weighted by molar-refractivity contribution is 0.102. The number of amides is 1. The topological polar surface area (TPSA) is 97.2 Å². The van der Waals surface area contributed by atoms with Crippen LogP contribution in [0.15, 0.2) is 55.0 Å². The number of piperazine rings is 1.